The predicted molar refractivity (Wildman–Crippen MR) is 100 cm³/mol. The molecule has 2 rings (SSSR count). The average Bonchev–Trinajstić information content (AvgIpc) is 2.52. The van der Waals surface area contributed by atoms with Gasteiger partial charge in [0.25, 0.3) is 0 Å². The summed E-state index contributed by atoms with van der Waals surface area (Å²) < 4.78 is 1.14. The molecule has 0 saturated heterocycles. The first kappa shape index (κ1) is 17.2. The molecule has 1 nitrogen and oxygen atoms in total. The summed E-state index contributed by atoms with van der Waals surface area (Å²) in [6.07, 6.45) is 12.9. The van der Waals surface area contributed by atoms with Crippen LogP contribution < -0.4 is 0 Å². The van der Waals surface area contributed by atoms with Crippen LogP contribution in [0.4, 0.5) is 0 Å². The molecule has 0 N–H and O–H groups in total. The minimum atomic E-state index is 1.02. The summed E-state index contributed by atoms with van der Waals surface area (Å²) in [5.41, 5.74) is 4.05. The Balaban J connectivity index is 2.26. The van der Waals surface area contributed by atoms with Gasteiger partial charge in [0.05, 0.1) is 5.52 Å². The summed E-state index contributed by atoms with van der Waals surface area (Å²) in [5, 5.41) is 1.22. The van der Waals surface area contributed by atoms with Gasteiger partial charge in [0.1, 0.15) is 0 Å². The number of benzene rings is 1. The second kappa shape index (κ2) is 9.09. The molecule has 1 heterocycles. The van der Waals surface area contributed by atoms with Crippen LogP contribution in [0.15, 0.2) is 46.6 Å². The van der Waals surface area contributed by atoms with Gasteiger partial charge in [-0.05, 0) is 49.4 Å². The van der Waals surface area contributed by atoms with E-state index in [9.17, 15) is 0 Å². The summed E-state index contributed by atoms with van der Waals surface area (Å²) in [6, 6.07) is 8.53. The molecule has 2 aromatic rings. The molecule has 1 aromatic heterocycles. The zero-order valence-electron chi connectivity index (χ0n) is 13.7. The molecule has 0 aliphatic rings. The van der Waals surface area contributed by atoms with Gasteiger partial charge in [-0.2, -0.15) is 0 Å². The van der Waals surface area contributed by atoms with Crippen molar-refractivity contribution >= 4 is 26.8 Å². The van der Waals surface area contributed by atoms with E-state index in [1.54, 1.807) is 5.57 Å². The number of hydrogen-bond acceptors (Lipinski definition) is 1. The molecule has 0 radical (unpaired) electrons. The van der Waals surface area contributed by atoms with Crippen molar-refractivity contribution in [1.29, 1.82) is 0 Å². The summed E-state index contributed by atoms with van der Waals surface area (Å²) in [7, 11) is 0. The maximum absolute atomic E-state index is 4.60. The third kappa shape index (κ3) is 4.95. The number of nitrogens with zero attached hydrogens (tertiary/aromatic N) is 1. The minimum absolute atomic E-state index is 1.02. The second-order valence-electron chi connectivity index (χ2n) is 5.92. The molecule has 0 bridgehead atoms. The lowest BCUT2D eigenvalue weighted by Gasteiger charge is -2.11. The standard InChI is InChI=1S/C20H26BrN/c1-3-5-7-10-16(9-6-4-2)13-18-15-19(21)14-17-11-8-12-22-20(17)18/h8,10-12,14-15H,3-7,9,13H2,1-2H3/b16-10+. The number of pyridine rings is 1. The first-order valence-corrected chi connectivity index (χ1v) is 9.25. The van der Waals surface area contributed by atoms with Crippen molar-refractivity contribution in [2.45, 2.75) is 58.8 Å². The van der Waals surface area contributed by atoms with Gasteiger partial charge in [-0.15, -0.1) is 0 Å². The minimum Gasteiger partial charge on any atom is -0.256 e. The van der Waals surface area contributed by atoms with Crippen LogP contribution in [-0.4, -0.2) is 4.98 Å². The van der Waals surface area contributed by atoms with Crippen molar-refractivity contribution in [3.8, 4) is 0 Å². The molecule has 0 unspecified atom stereocenters. The van der Waals surface area contributed by atoms with Crippen LogP contribution in [0.3, 0.4) is 0 Å². The van der Waals surface area contributed by atoms with Crippen LogP contribution in [0.5, 0.6) is 0 Å². The number of fused-ring (bicyclic) bond motifs is 1. The topological polar surface area (TPSA) is 12.9 Å². The Bertz CT molecular complexity index is 631. The Hall–Kier alpha value is -1.15. The molecule has 0 amide bonds. The Morgan fingerprint density at radius 1 is 1.18 bits per heavy atom. The van der Waals surface area contributed by atoms with Gasteiger partial charge < -0.3 is 0 Å². The summed E-state index contributed by atoms with van der Waals surface area (Å²) in [6.45, 7) is 4.52. The van der Waals surface area contributed by atoms with E-state index in [0.29, 0.717) is 0 Å². The van der Waals surface area contributed by atoms with Crippen molar-refractivity contribution in [3.05, 3.63) is 52.1 Å². The molecule has 0 saturated carbocycles. The third-order valence-electron chi connectivity index (χ3n) is 4.01. The molecule has 22 heavy (non-hydrogen) atoms. The van der Waals surface area contributed by atoms with Crippen LogP contribution in [-0.2, 0) is 6.42 Å². The lowest BCUT2D eigenvalue weighted by molar-refractivity contribution is 0.754. The lowest BCUT2D eigenvalue weighted by atomic mass is 9.97. The number of allylic oxidation sites excluding steroid dienone is 2. The summed E-state index contributed by atoms with van der Waals surface area (Å²) in [4.78, 5) is 4.60. The highest BCUT2D eigenvalue weighted by Gasteiger charge is 2.07. The number of aromatic nitrogens is 1. The largest absolute Gasteiger partial charge is 0.256 e. The number of hydrogen-bond donors (Lipinski definition) is 0. The molecule has 118 valence electrons. The Morgan fingerprint density at radius 2 is 2.00 bits per heavy atom. The zero-order valence-corrected chi connectivity index (χ0v) is 15.3. The summed E-state index contributed by atoms with van der Waals surface area (Å²) in [5.74, 6) is 0. The van der Waals surface area contributed by atoms with E-state index in [2.05, 4.69) is 59.0 Å². The molecule has 0 aliphatic carbocycles. The van der Waals surface area contributed by atoms with E-state index in [0.717, 1.165) is 16.4 Å². The van der Waals surface area contributed by atoms with Gasteiger partial charge in [-0.3, -0.25) is 4.98 Å². The highest BCUT2D eigenvalue weighted by Crippen LogP contribution is 2.26. The van der Waals surface area contributed by atoms with Crippen molar-refractivity contribution in [1.82, 2.24) is 4.98 Å². The molecule has 2 heteroatoms. The first-order valence-electron chi connectivity index (χ1n) is 8.45. The van der Waals surface area contributed by atoms with Gasteiger partial charge in [0, 0.05) is 16.1 Å². The lowest BCUT2D eigenvalue weighted by Crippen LogP contribution is -1.95. The monoisotopic (exact) mass is 359 g/mol. The van der Waals surface area contributed by atoms with Crippen molar-refractivity contribution in [2.24, 2.45) is 0 Å². The van der Waals surface area contributed by atoms with Crippen molar-refractivity contribution < 1.29 is 0 Å². The maximum atomic E-state index is 4.60. The summed E-state index contributed by atoms with van der Waals surface area (Å²) >= 11 is 3.64. The molecule has 1 aromatic carbocycles. The molecule has 0 fully saturated rings. The van der Waals surface area contributed by atoms with Gasteiger partial charge >= 0.3 is 0 Å². The Labute approximate surface area is 143 Å². The zero-order chi connectivity index (χ0) is 15.8. The highest BCUT2D eigenvalue weighted by atomic mass is 79.9. The number of rotatable bonds is 8. The average molecular weight is 360 g/mol. The van der Waals surface area contributed by atoms with Gasteiger partial charge in [0.15, 0.2) is 0 Å². The van der Waals surface area contributed by atoms with Crippen LogP contribution in [0.1, 0.15) is 57.9 Å². The van der Waals surface area contributed by atoms with E-state index >= 15 is 0 Å². The normalized spacial score (nSPS) is 12.0. The SMILES string of the molecule is CCCC/C=C(\CCCC)Cc1cc(Br)cc2cccnc12. The predicted octanol–water partition coefficient (Wildman–Crippen LogP) is 6.85. The van der Waals surface area contributed by atoms with Gasteiger partial charge in [-0.1, -0.05) is 66.8 Å². The van der Waals surface area contributed by atoms with E-state index < -0.39 is 0 Å². The van der Waals surface area contributed by atoms with Crippen molar-refractivity contribution in [2.75, 3.05) is 0 Å². The fourth-order valence-corrected chi connectivity index (χ4v) is 3.31. The van der Waals surface area contributed by atoms with E-state index in [1.807, 2.05) is 12.3 Å². The fraction of sp³-hybridized carbons (Fsp3) is 0.450. The van der Waals surface area contributed by atoms with Crippen LogP contribution in [0.2, 0.25) is 0 Å². The Kier molecular flexibility index (Phi) is 7.11. The Morgan fingerprint density at radius 3 is 2.77 bits per heavy atom. The van der Waals surface area contributed by atoms with E-state index in [-0.39, 0.29) is 0 Å². The highest BCUT2D eigenvalue weighted by molar-refractivity contribution is 9.10. The maximum Gasteiger partial charge on any atom is 0.0737 e. The van der Waals surface area contributed by atoms with E-state index in [1.165, 1.54) is 49.5 Å². The van der Waals surface area contributed by atoms with Gasteiger partial charge in [0.2, 0.25) is 0 Å². The quantitative estimate of drug-likeness (QED) is 0.371. The van der Waals surface area contributed by atoms with Crippen molar-refractivity contribution in [3.63, 3.8) is 0 Å². The number of halogens is 1. The van der Waals surface area contributed by atoms with Crippen LogP contribution in [0.25, 0.3) is 10.9 Å². The molecule has 0 aliphatic heterocycles. The van der Waals surface area contributed by atoms with E-state index in [4.69, 9.17) is 0 Å². The molecule has 0 atom stereocenters. The second-order valence-corrected chi connectivity index (χ2v) is 6.84. The van der Waals surface area contributed by atoms with Crippen LogP contribution in [0, 0.1) is 0 Å². The molecule has 0 spiro atoms. The third-order valence-corrected chi connectivity index (χ3v) is 4.47. The fourth-order valence-electron chi connectivity index (χ4n) is 2.78. The molecular weight excluding hydrogens is 334 g/mol. The van der Waals surface area contributed by atoms with Crippen LogP contribution >= 0.6 is 15.9 Å². The smallest absolute Gasteiger partial charge is 0.0737 e. The van der Waals surface area contributed by atoms with Gasteiger partial charge in [-0.25, -0.2) is 0 Å². The first-order chi connectivity index (χ1) is 10.7. The molecular formula is C20H26BrN. The number of unbranched alkanes of at least 4 members (excludes halogenated alkanes) is 3.